The Morgan fingerprint density at radius 1 is 1.52 bits per heavy atom. The van der Waals surface area contributed by atoms with Crippen molar-refractivity contribution in [2.24, 2.45) is 0 Å². The van der Waals surface area contributed by atoms with Gasteiger partial charge in [-0.3, -0.25) is 4.90 Å². The normalized spacial score (nSPS) is 14.6. The van der Waals surface area contributed by atoms with Crippen LogP contribution in [0.3, 0.4) is 0 Å². The van der Waals surface area contributed by atoms with E-state index in [1.54, 1.807) is 20.8 Å². The van der Waals surface area contributed by atoms with Crippen LogP contribution in [-0.2, 0) is 4.74 Å². The number of anilines is 1. The minimum Gasteiger partial charge on any atom is -0.443 e. The lowest BCUT2D eigenvalue weighted by atomic mass is 10.2. The highest BCUT2D eigenvalue weighted by Crippen LogP contribution is 2.34. The summed E-state index contributed by atoms with van der Waals surface area (Å²) in [5.41, 5.74) is -0.126. The second-order valence-corrected chi connectivity index (χ2v) is 6.61. The molecule has 3 rings (SSSR count). The minimum atomic E-state index is -0.634. The fourth-order valence-corrected chi connectivity index (χ4v) is 2.29. The Morgan fingerprint density at radius 2 is 2.22 bits per heavy atom. The molecule has 0 unspecified atom stereocenters. The van der Waals surface area contributed by atoms with Crippen LogP contribution in [0, 0.1) is 11.3 Å². The molecule has 2 heterocycles. The first kappa shape index (κ1) is 15.5. The number of hydrogen-bond acceptors (Lipinski definition) is 6. The summed E-state index contributed by atoms with van der Waals surface area (Å²) < 4.78 is 6.74. The van der Waals surface area contributed by atoms with Crippen molar-refractivity contribution in [2.45, 2.75) is 45.3 Å². The first-order valence-electron chi connectivity index (χ1n) is 7.14. The van der Waals surface area contributed by atoms with Gasteiger partial charge >= 0.3 is 6.09 Å². The fourth-order valence-electron chi connectivity index (χ4n) is 2.13. The molecule has 2 aromatic rings. The van der Waals surface area contributed by atoms with E-state index in [4.69, 9.17) is 21.6 Å². The molecular formula is C14H15ClN6O2. The van der Waals surface area contributed by atoms with Crippen molar-refractivity contribution < 1.29 is 9.53 Å². The van der Waals surface area contributed by atoms with Gasteiger partial charge in [0.15, 0.2) is 17.2 Å². The predicted octanol–water partition coefficient (Wildman–Crippen LogP) is 2.55. The van der Waals surface area contributed by atoms with E-state index < -0.39 is 11.7 Å². The summed E-state index contributed by atoms with van der Waals surface area (Å²) in [6, 6.07) is 1.96. The van der Waals surface area contributed by atoms with E-state index in [9.17, 15) is 4.79 Å². The molecule has 1 amide bonds. The molecule has 9 heteroatoms. The number of imidazole rings is 1. The molecule has 0 N–H and O–H groups in total. The van der Waals surface area contributed by atoms with Crippen LogP contribution in [0.2, 0.25) is 5.28 Å². The summed E-state index contributed by atoms with van der Waals surface area (Å²) in [7, 11) is 0. The number of amides is 1. The molecule has 2 aromatic heterocycles. The fraction of sp³-hybridized carbons (Fsp3) is 0.500. The predicted molar refractivity (Wildman–Crippen MR) is 82.2 cm³/mol. The molecule has 8 nitrogen and oxygen atoms in total. The summed E-state index contributed by atoms with van der Waals surface area (Å²) in [6.45, 7) is 5.38. The maximum absolute atomic E-state index is 12.6. The number of carbonyl (C=O) groups is 1. The van der Waals surface area contributed by atoms with Gasteiger partial charge in [0.05, 0.1) is 6.20 Å². The average molecular weight is 335 g/mol. The Kier molecular flexibility index (Phi) is 3.60. The number of carbonyl (C=O) groups excluding carboxylic acids is 1. The zero-order valence-corrected chi connectivity index (χ0v) is 13.7. The van der Waals surface area contributed by atoms with E-state index in [0.717, 1.165) is 12.8 Å². The molecule has 1 fully saturated rings. The van der Waals surface area contributed by atoms with E-state index in [2.05, 4.69) is 15.1 Å². The maximum atomic E-state index is 12.6. The van der Waals surface area contributed by atoms with Crippen molar-refractivity contribution in [1.82, 2.24) is 19.6 Å². The Bertz CT molecular complexity index is 815. The third-order valence-corrected chi connectivity index (χ3v) is 3.32. The van der Waals surface area contributed by atoms with E-state index >= 15 is 0 Å². The van der Waals surface area contributed by atoms with Crippen LogP contribution in [0.15, 0.2) is 6.20 Å². The number of nitriles is 1. The SMILES string of the molecule is CC(C)(C)OC(=O)N(c1nc(Cl)nn2c(C#N)cnc12)C1CC1. The number of rotatable bonds is 2. The number of fused-ring (bicyclic) bond motifs is 1. The number of hydrogen-bond donors (Lipinski definition) is 0. The van der Waals surface area contributed by atoms with Crippen molar-refractivity contribution in [2.75, 3.05) is 4.90 Å². The smallest absolute Gasteiger partial charge is 0.416 e. The topological polar surface area (TPSA) is 96.4 Å². The zero-order chi connectivity index (χ0) is 16.8. The van der Waals surface area contributed by atoms with Crippen molar-refractivity contribution in [3.8, 4) is 6.07 Å². The first-order chi connectivity index (χ1) is 10.8. The van der Waals surface area contributed by atoms with E-state index in [-0.39, 0.29) is 22.8 Å². The number of nitrogens with zero attached hydrogens (tertiary/aromatic N) is 6. The van der Waals surface area contributed by atoms with Crippen LogP contribution >= 0.6 is 11.6 Å². The van der Waals surface area contributed by atoms with Crippen LogP contribution in [0.25, 0.3) is 5.65 Å². The average Bonchev–Trinajstić information content (AvgIpc) is 3.16. The monoisotopic (exact) mass is 334 g/mol. The molecule has 1 aliphatic rings. The third kappa shape index (κ3) is 3.05. The summed E-state index contributed by atoms with van der Waals surface area (Å²) in [5.74, 6) is 0.253. The van der Waals surface area contributed by atoms with Crippen molar-refractivity contribution in [1.29, 1.82) is 5.26 Å². The van der Waals surface area contributed by atoms with Crippen LogP contribution in [-0.4, -0.2) is 37.3 Å². The molecule has 0 aliphatic heterocycles. The van der Waals surface area contributed by atoms with E-state index in [0.29, 0.717) is 5.65 Å². The van der Waals surface area contributed by atoms with Gasteiger partial charge in [-0.15, -0.1) is 5.10 Å². The zero-order valence-electron chi connectivity index (χ0n) is 12.9. The molecule has 0 bridgehead atoms. The Balaban J connectivity index is 2.10. The minimum absolute atomic E-state index is 0.0122. The molecule has 0 radical (unpaired) electrons. The second kappa shape index (κ2) is 5.35. The Labute approximate surface area is 137 Å². The molecular weight excluding hydrogens is 320 g/mol. The van der Waals surface area contributed by atoms with Crippen molar-refractivity contribution in [3.63, 3.8) is 0 Å². The quantitative estimate of drug-likeness (QED) is 0.837. The van der Waals surface area contributed by atoms with Gasteiger partial charge in [0.2, 0.25) is 5.28 Å². The summed E-state index contributed by atoms with van der Waals surface area (Å²) >= 11 is 5.96. The first-order valence-corrected chi connectivity index (χ1v) is 7.51. The highest BCUT2D eigenvalue weighted by atomic mass is 35.5. The van der Waals surface area contributed by atoms with Crippen LogP contribution in [0.5, 0.6) is 0 Å². The molecule has 0 aromatic carbocycles. The molecule has 0 spiro atoms. The summed E-state index contributed by atoms with van der Waals surface area (Å²) in [5, 5.41) is 13.0. The second-order valence-electron chi connectivity index (χ2n) is 6.28. The molecule has 120 valence electrons. The van der Waals surface area contributed by atoms with Gasteiger partial charge in [0, 0.05) is 6.04 Å². The number of ether oxygens (including phenoxy) is 1. The number of aromatic nitrogens is 4. The van der Waals surface area contributed by atoms with E-state index in [1.807, 2.05) is 6.07 Å². The molecule has 1 aliphatic carbocycles. The highest BCUT2D eigenvalue weighted by molar-refractivity contribution is 6.28. The van der Waals surface area contributed by atoms with Gasteiger partial charge in [-0.1, -0.05) is 0 Å². The van der Waals surface area contributed by atoms with Gasteiger partial charge in [-0.05, 0) is 45.2 Å². The molecule has 23 heavy (non-hydrogen) atoms. The van der Waals surface area contributed by atoms with Gasteiger partial charge < -0.3 is 4.74 Å². The lowest BCUT2D eigenvalue weighted by molar-refractivity contribution is 0.0577. The van der Waals surface area contributed by atoms with Crippen LogP contribution in [0.1, 0.15) is 39.3 Å². The van der Waals surface area contributed by atoms with Gasteiger partial charge in [0.1, 0.15) is 11.7 Å². The Morgan fingerprint density at radius 3 is 2.78 bits per heavy atom. The highest BCUT2D eigenvalue weighted by Gasteiger charge is 2.39. The standard InChI is InChI=1S/C14H15ClN6O2/c1-14(2,3)23-13(22)20(8-4-5-8)11-10-17-7-9(6-16)21(10)19-12(15)18-11/h7-8H,4-5H2,1-3H3. The van der Waals surface area contributed by atoms with Crippen LogP contribution in [0.4, 0.5) is 10.6 Å². The summed E-state index contributed by atoms with van der Waals surface area (Å²) in [6.07, 6.45) is 2.54. The molecule has 1 saturated carbocycles. The van der Waals surface area contributed by atoms with Gasteiger partial charge in [0.25, 0.3) is 0 Å². The third-order valence-electron chi connectivity index (χ3n) is 3.16. The molecule has 0 saturated heterocycles. The largest absolute Gasteiger partial charge is 0.443 e. The lowest BCUT2D eigenvalue weighted by Gasteiger charge is -2.26. The summed E-state index contributed by atoms with van der Waals surface area (Å²) in [4.78, 5) is 22.3. The van der Waals surface area contributed by atoms with Crippen molar-refractivity contribution in [3.05, 3.63) is 17.2 Å². The molecule has 0 atom stereocenters. The maximum Gasteiger partial charge on any atom is 0.416 e. The van der Waals surface area contributed by atoms with Crippen molar-refractivity contribution >= 4 is 29.2 Å². The van der Waals surface area contributed by atoms with Gasteiger partial charge in [-0.25, -0.2) is 9.78 Å². The Hall–Kier alpha value is -2.40. The lowest BCUT2D eigenvalue weighted by Crippen LogP contribution is -2.39. The van der Waals surface area contributed by atoms with E-state index in [1.165, 1.54) is 15.6 Å². The number of halogens is 1. The van der Waals surface area contributed by atoms with Crippen LogP contribution < -0.4 is 4.90 Å². The van der Waals surface area contributed by atoms with Gasteiger partial charge in [-0.2, -0.15) is 14.8 Å².